The lowest BCUT2D eigenvalue weighted by molar-refractivity contribution is 0.0853. The number of carbonyl (C=O) groups excluding carboxylic acids is 1. The molecule has 0 bridgehead atoms. The van der Waals surface area contributed by atoms with E-state index in [-0.39, 0.29) is 24.0 Å². The summed E-state index contributed by atoms with van der Waals surface area (Å²) >= 11 is 0. The van der Waals surface area contributed by atoms with Crippen molar-refractivity contribution in [1.82, 2.24) is 9.97 Å². The van der Waals surface area contributed by atoms with Gasteiger partial charge in [0.25, 0.3) is 0 Å². The van der Waals surface area contributed by atoms with Crippen LogP contribution < -0.4 is 10.5 Å². The molecule has 1 aromatic heterocycles. The fourth-order valence-electron chi connectivity index (χ4n) is 1.63. The standard InChI is InChI=1S/C10H13N3O3/c1-15-9-7(12-3-4-13-9)8(14)10(11)2-5-16-6-10/h3-4H,2,5-6,11H2,1H3. The second-order valence-corrected chi connectivity index (χ2v) is 3.70. The largest absolute Gasteiger partial charge is 0.479 e. The normalized spacial score (nSPS) is 24.4. The number of nitrogens with two attached hydrogens (primary N) is 1. The third kappa shape index (κ3) is 1.77. The maximum Gasteiger partial charge on any atom is 0.243 e. The van der Waals surface area contributed by atoms with E-state index in [0.29, 0.717) is 13.0 Å². The minimum absolute atomic E-state index is 0.165. The van der Waals surface area contributed by atoms with Crippen LogP contribution in [0.5, 0.6) is 5.88 Å². The molecule has 0 aliphatic carbocycles. The third-order valence-corrected chi connectivity index (χ3v) is 2.58. The highest BCUT2D eigenvalue weighted by Crippen LogP contribution is 2.23. The summed E-state index contributed by atoms with van der Waals surface area (Å²) in [6.45, 7) is 0.705. The Balaban J connectivity index is 2.33. The van der Waals surface area contributed by atoms with Crippen LogP contribution in [0, 0.1) is 0 Å². The van der Waals surface area contributed by atoms with Crippen LogP contribution in [0.15, 0.2) is 12.4 Å². The van der Waals surface area contributed by atoms with Gasteiger partial charge in [-0.1, -0.05) is 0 Å². The van der Waals surface area contributed by atoms with Crippen LogP contribution in [0.4, 0.5) is 0 Å². The Morgan fingerprint density at radius 3 is 2.94 bits per heavy atom. The molecule has 1 atom stereocenters. The zero-order chi connectivity index (χ0) is 11.6. The van der Waals surface area contributed by atoms with Crippen molar-refractivity contribution in [1.29, 1.82) is 0 Å². The Morgan fingerprint density at radius 1 is 1.56 bits per heavy atom. The summed E-state index contributed by atoms with van der Waals surface area (Å²) < 4.78 is 10.1. The van der Waals surface area contributed by atoms with E-state index in [4.69, 9.17) is 15.2 Å². The second kappa shape index (κ2) is 4.15. The molecule has 1 unspecified atom stereocenters. The van der Waals surface area contributed by atoms with Crippen molar-refractivity contribution in [3.8, 4) is 5.88 Å². The van der Waals surface area contributed by atoms with E-state index in [0.717, 1.165) is 0 Å². The highest BCUT2D eigenvalue weighted by Gasteiger charge is 2.40. The number of hydrogen-bond acceptors (Lipinski definition) is 6. The number of rotatable bonds is 3. The zero-order valence-corrected chi connectivity index (χ0v) is 8.97. The van der Waals surface area contributed by atoms with Gasteiger partial charge in [-0.3, -0.25) is 4.79 Å². The Labute approximate surface area is 92.8 Å². The molecule has 0 aromatic carbocycles. The number of ketones is 1. The molecule has 0 radical (unpaired) electrons. The van der Waals surface area contributed by atoms with Crippen molar-refractivity contribution in [2.75, 3.05) is 20.3 Å². The minimum atomic E-state index is -0.997. The van der Waals surface area contributed by atoms with Gasteiger partial charge in [0.1, 0.15) is 5.54 Å². The van der Waals surface area contributed by atoms with Crippen LogP contribution in [0.1, 0.15) is 16.9 Å². The van der Waals surface area contributed by atoms with E-state index in [2.05, 4.69) is 9.97 Å². The van der Waals surface area contributed by atoms with Crippen LogP contribution in [0.3, 0.4) is 0 Å². The Hall–Kier alpha value is -1.53. The highest BCUT2D eigenvalue weighted by molar-refractivity contribution is 6.03. The number of carbonyl (C=O) groups is 1. The molecule has 2 N–H and O–H groups in total. The Kier molecular flexibility index (Phi) is 2.84. The Morgan fingerprint density at radius 2 is 2.31 bits per heavy atom. The molecule has 86 valence electrons. The van der Waals surface area contributed by atoms with Crippen molar-refractivity contribution in [3.63, 3.8) is 0 Å². The smallest absolute Gasteiger partial charge is 0.243 e. The monoisotopic (exact) mass is 223 g/mol. The third-order valence-electron chi connectivity index (χ3n) is 2.58. The van der Waals surface area contributed by atoms with Gasteiger partial charge in [-0.15, -0.1) is 0 Å². The number of Topliss-reactive ketones (excluding diaryl/α,β-unsaturated/α-hetero) is 1. The molecule has 1 aliphatic rings. The molecule has 0 amide bonds. The van der Waals surface area contributed by atoms with E-state index >= 15 is 0 Å². The van der Waals surface area contributed by atoms with Crippen LogP contribution in [0.2, 0.25) is 0 Å². The second-order valence-electron chi connectivity index (χ2n) is 3.70. The molecule has 6 nitrogen and oxygen atoms in total. The van der Waals surface area contributed by atoms with Gasteiger partial charge in [-0.25, -0.2) is 9.97 Å². The summed E-state index contributed by atoms with van der Waals surface area (Å²) in [5.41, 5.74) is 5.13. The van der Waals surface area contributed by atoms with Crippen LogP contribution in [0.25, 0.3) is 0 Å². The van der Waals surface area contributed by atoms with E-state index in [1.165, 1.54) is 19.5 Å². The average Bonchev–Trinajstić information content (AvgIpc) is 2.76. The van der Waals surface area contributed by atoms with Gasteiger partial charge in [-0.2, -0.15) is 0 Å². The number of methoxy groups -OCH3 is 1. The van der Waals surface area contributed by atoms with Gasteiger partial charge in [0.15, 0.2) is 5.69 Å². The summed E-state index contributed by atoms with van der Waals surface area (Å²) in [6, 6.07) is 0. The summed E-state index contributed by atoms with van der Waals surface area (Å²) in [7, 11) is 1.44. The molecule has 2 heterocycles. The molecular formula is C10H13N3O3. The van der Waals surface area contributed by atoms with E-state index in [1.54, 1.807) is 0 Å². The molecular weight excluding hydrogens is 210 g/mol. The summed E-state index contributed by atoms with van der Waals surface area (Å²) in [4.78, 5) is 20.0. The van der Waals surface area contributed by atoms with Crippen molar-refractivity contribution in [2.24, 2.45) is 5.73 Å². The topological polar surface area (TPSA) is 87.3 Å². The van der Waals surface area contributed by atoms with E-state index in [1.807, 2.05) is 0 Å². The molecule has 1 aromatic rings. The van der Waals surface area contributed by atoms with Crippen molar-refractivity contribution in [3.05, 3.63) is 18.1 Å². The van der Waals surface area contributed by atoms with Gasteiger partial charge in [0.05, 0.1) is 13.7 Å². The highest BCUT2D eigenvalue weighted by atomic mass is 16.5. The van der Waals surface area contributed by atoms with Crippen LogP contribution in [-0.4, -0.2) is 41.6 Å². The fourth-order valence-corrected chi connectivity index (χ4v) is 1.63. The maximum atomic E-state index is 12.2. The fraction of sp³-hybridized carbons (Fsp3) is 0.500. The van der Waals surface area contributed by atoms with Crippen LogP contribution >= 0.6 is 0 Å². The van der Waals surface area contributed by atoms with E-state index in [9.17, 15) is 4.79 Å². The molecule has 0 saturated carbocycles. The SMILES string of the molecule is COc1nccnc1C(=O)C1(N)CCOC1. The van der Waals surface area contributed by atoms with Gasteiger partial charge < -0.3 is 15.2 Å². The quantitative estimate of drug-likeness (QED) is 0.713. The lowest BCUT2D eigenvalue weighted by Crippen LogP contribution is -2.49. The molecule has 16 heavy (non-hydrogen) atoms. The maximum absolute atomic E-state index is 12.2. The predicted molar refractivity (Wildman–Crippen MR) is 55.3 cm³/mol. The van der Waals surface area contributed by atoms with Gasteiger partial charge >= 0.3 is 0 Å². The van der Waals surface area contributed by atoms with Gasteiger partial charge in [0, 0.05) is 19.0 Å². The molecule has 0 spiro atoms. The number of nitrogens with zero attached hydrogens (tertiary/aromatic N) is 2. The van der Waals surface area contributed by atoms with Crippen molar-refractivity contribution < 1.29 is 14.3 Å². The summed E-state index contributed by atoms with van der Waals surface area (Å²) in [5.74, 6) is -0.0841. The molecule has 6 heteroatoms. The predicted octanol–water partition coefficient (Wildman–Crippen LogP) is -0.214. The summed E-state index contributed by atoms with van der Waals surface area (Å²) in [6.07, 6.45) is 3.39. The molecule has 2 rings (SSSR count). The van der Waals surface area contributed by atoms with E-state index < -0.39 is 5.54 Å². The number of ether oxygens (including phenoxy) is 2. The van der Waals surface area contributed by atoms with Crippen molar-refractivity contribution >= 4 is 5.78 Å². The van der Waals surface area contributed by atoms with Crippen LogP contribution in [-0.2, 0) is 4.74 Å². The zero-order valence-electron chi connectivity index (χ0n) is 8.97. The van der Waals surface area contributed by atoms with Gasteiger partial charge in [-0.05, 0) is 6.42 Å². The summed E-state index contributed by atoms with van der Waals surface area (Å²) in [5, 5.41) is 0. The molecule has 1 saturated heterocycles. The van der Waals surface area contributed by atoms with Gasteiger partial charge in [0.2, 0.25) is 11.7 Å². The minimum Gasteiger partial charge on any atom is -0.479 e. The molecule has 1 aliphatic heterocycles. The Bertz CT molecular complexity index is 402. The first kappa shape index (κ1) is 11.0. The average molecular weight is 223 g/mol. The number of hydrogen-bond donors (Lipinski definition) is 1. The number of aromatic nitrogens is 2. The lowest BCUT2D eigenvalue weighted by atomic mass is 9.92. The lowest BCUT2D eigenvalue weighted by Gasteiger charge is -2.19. The molecule has 1 fully saturated rings. The van der Waals surface area contributed by atoms with Crippen molar-refractivity contribution in [2.45, 2.75) is 12.0 Å². The first-order valence-corrected chi connectivity index (χ1v) is 4.94. The first-order chi connectivity index (χ1) is 7.67. The first-order valence-electron chi connectivity index (χ1n) is 4.94.